The number of hydrogen-bond donors (Lipinski definition) is 3. The molecule has 22 atom stereocenters. The van der Waals surface area contributed by atoms with E-state index >= 15 is 0 Å². The minimum atomic E-state index is -0.618. The molecule has 92 heavy (non-hydrogen) atoms. The van der Waals surface area contributed by atoms with Gasteiger partial charge in [-0.2, -0.15) is 0 Å². The molecule has 4 aliphatic heterocycles. The van der Waals surface area contributed by atoms with Crippen LogP contribution in [-0.2, 0) is 51.2 Å². The van der Waals surface area contributed by atoms with Gasteiger partial charge in [-0.1, -0.05) is 139 Å². The van der Waals surface area contributed by atoms with E-state index in [1.54, 1.807) is 11.1 Å². The number of nitrogens with two attached hydrogens (primary N) is 1. The van der Waals surface area contributed by atoms with Gasteiger partial charge in [0.2, 0.25) is 0 Å². The summed E-state index contributed by atoms with van der Waals surface area (Å²) >= 11 is 0. The molecule has 4 N–H and O–H groups in total. The van der Waals surface area contributed by atoms with Crippen LogP contribution in [0.3, 0.4) is 0 Å². The number of nitrogens with one attached hydrogen (secondary N) is 2. The van der Waals surface area contributed by atoms with Crippen molar-refractivity contribution in [3.05, 3.63) is 94.1 Å². The van der Waals surface area contributed by atoms with Gasteiger partial charge in [0.15, 0.2) is 0 Å². The van der Waals surface area contributed by atoms with Gasteiger partial charge < -0.3 is 49.7 Å². The van der Waals surface area contributed by atoms with Crippen LogP contribution in [0, 0.1) is 81.8 Å². The van der Waals surface area contributed by atoms with Gasteiger partial charge >= 0.3 is 24.1 Å². The number of amides is 2. The summed E-state index contributed by atoms with van der Waals surface area (Å²) in [7, 11) is 0. The number of benzene rings is 2. The number of carbonyl (C=O) groups is 4. The average Bonchev–Trinajstić information content (AvgIpc) is 1.56. The fourth-order valence-corrected chi connectivity index (χ4v) is 22.4. The fourth-order valence-electron chi connectivity index (χ4n) is 22.4. The van der Waals surface area contributed by atoms with Crippen LogP contribution in [0.2, 0.25) is 0 Å². The van der Waals surface area contributed by atoms with Crippen molar-refractivity contribution >= 4 is 24.1 Å². The molecule has 508 valence electrons. The van der Waals surface area contributed by atoms with Gasteiger partial charge in [-0.15, -0.1) is 0 Å². The molecule has 14 nitrogen and oxygen atoms in total. The Kier molecular flexibility index (Phi) is 20.7. The summed E-state index contributed by atoms with van der Waals surface area (Å²) in [5, 5.41) is 6.41. The van der Waals surface area contributed by atoms with Gasteiger partial charge in [0, 0.05) is 24.4 Å². The zero-order valence-corrected chi connectivity index (χ0v) is 55.7. The number of fused-ring (bicyclic) bond motifs is 12. The van der Waals surface area contributed by atoms with Crippen molar-refractivity contribution in [2.45, 2.75) is 260 Å². The Bertz CT molecular complexity index is 3010. The number of likely N-dealkylation sites (tertiary alicyclic amines) is 1. The lowest BCUT2D eigenvalue weighted by Crippen LogP contribution is -2.54. The molecule has 14 rings (SSSR count). The van der Waals surface area contributed by atoms with Crippen LogP contribution in [0.5, 0.6) is 0 Å². The van der Waals surface area contributed by atoms with E-state index in [-0.39, 0.29) is 100 Å². The SMILES string of the molecule is C.C.CC1=C2C[C@H]3[C@@H](CC[C@@H]4C[C@H](OC(=O)CN)CC[C@@]43C)[C@@H]2CC[C@@]2(C1)O[C@@H]1C[C@H](C)CN[C@H]1[C@H]2C.CC1=C2C[C@H]3[C@@H](CC[C@@H]4C[C@H](OC(=O)CNC(=O)OCc5ccccc5)CC[C@@]43C)[C@@H]2CC[C@@]2(C1)O[C@@H]1C[C@H](C)CN(C(=O)OCc3ccccc3)[C@H]1[C@H]2C. The molecule has 10 fully saturated rings. The molecule has 0 bridgehead atoms. The normalized spacial score (nSPS) is 41.3. The largest absolute Gasteiger partial charge is 0.461 e. The van der Waals surface area contributed by atoms with Crippen molar-refractivity contribution in [3.8, 4) is 0 Å². The molecule has 12 aliphatic rings. The van der Waals surface area contributed by atoms with Crippen molar-refractivity contribution in [3.63, 3.8) is 0 Å². The molecule has 2 amide bonds. The Morgan fingerprint density at radius 2 is 1.13 bits per heavy atom. The van der Waals surface area contributed by atoms with Crippen LogP contribution < -0.4 is 16.4 Å². The van der Waals surface area contributed by atoms with Gasteiger partial charge in [0.1, 0.15) is 32.0 Å². The highest BCUT2D eigenvalue weighted by molar-refractivity contribution is 5.78. The summed E-state index contributed by atoms with van der Waals surface area (Å²) in [5.41, 5.74) is 14.5. The first-order valence-corrected chi connectivity index (χ1v) is 35.7. The first kappa shape index (κ1) is 68.6. The molecule has 4 saturated heterocycles. The fraction of sp³-hybridized carbons (Fsp3) is 0.744. The van der Waals surface area contributed by atoms with Gasteiger partial charge in [-0.3, -0.25) is 9.59 Å². The average molecular weight is 1270 g/mol. The van der Waals surface area contributed by atoms with Crippen molar-refractivity contribution in [2.24, 2.45) is 87.6 Å². The standard InChI is InChI=1S/C46H60N2O7.C30H48N2O3.2CH4/c1-29-21-40-42(48(26-29)44(51)53-28-33-13-9-6-10-14-33)31(3)46(55-40)20-18-36-37-16-15-34-22-35(17-19-45(34,4)39(37)23-38(36)30(2)24-46)54-41(49)25-47-43(50)52-27-32-11-7-5-8-12-32;1-17-11-26-28(32-16-17)19(3)30(35-26)10-8-22-23-6-5-20-12-21(34-27(33)15-31)7-9-29(20,4)25(23)13-24(22)18(2)14-30;;/h5-14,29,31,34-37,39-40,42H,15-28H2,1-4H3,(H,47,50);17,19-23,25-26,28,32H,5-16,31H2,1-4H3;2*1H4/t29-,31+,34+,35+,36-,37-,39-,40+,42-,45-,46-;17-,19+,20+,21+,22-,23-,25-,26+,28-,29-,30-;;/m00../s1. The maximum absolute atomic E-state index is 13.7. The van der Waals surface area contributed by atoms with Crippen LogP contribution in [0.15, 0.2) is 83.0 Å². The van der Waals surface area contributed by atoms with E-state index in [0.717, 1.165) is 99.6 Å². The molecule has 8 aliphatic carbocycles. The van der Waals surface area contributed by atoms with E-state index in [1.165, 1.54) is 69.8 Å². The Labute approximate surface area is 552 Å². The number of ether oxygens (including phenoxy) is 6. The smallest absolute Gasteiger partial charge is 0.410 e. The van der Waals surface area contributed by atoms with Crippen molar-refractivity contribution in [2.75, 3.05) is 26.2 Å². The third-order valence-electron chi connectivity index (χ3n) is 27.1. The van der Waals surface area contributed by atoms with Crippen molar-refractivity contribution < 1.29 is 47.6 Å². The summed E-state index contributed by atoms with van der Waals surface area (Å²) in [6.07, 6.45) is 22.1. The molecule has 0 aromatic heterocycles. The number of piperidine rings is 2. The summed E-state index contributed by atoms with van der Waals surface area (Å²) < 4.78 is 37.1. The Hall–Kier alpha value is -4.76. The van der Waals surface area contributed by atoms with Crippen LogP contribution in [0.25, 0.3) is 0 Å². The van der Waals surface area contributed by atoms with E-state index in [1.807, 2.05) is 71.1 Å². The Morgan fingerprint density at radius 3 is 1.68 bits per heavy atom. The second-order valence-electron chi connectivity index (χ2n) is 32.0. The number of hydrogen-bond acceptors (Lipinski definition) is 12. The van der Waals surface area contributed by atoms with Crippen LogP contribution in [0.4, 0.5) is 9.59 Å². The topological polar surface area (TPSA) is 177 Å². The quantitative estimate of drug-likeness (QED) is 0.123. The molecule has 0 radical (unpaired) electrons. The lowest BCUT2D eigenvalue weighted by atomic mass is 9.52. The number of nitrogens with zero attached hydrogens (tertiary/aromatic N) is 1. The number of allylic oxidation sites excluding steroid dienone is 2. The zero-order valence-electron chi connectivity index (χ0n) is 55.7. The molecule has 2 aromatic rings. The van der Waals surface area contributed by atoms with Crippen molar-refractivity contribution in [1.29, 1.82) is 0 Å². The first-order chi connectivity index (χ1) is 43.3. The van der Waals surface area contributed by atoms with Crippen LogP contribution in [0.1, 0.15) is 210 Å². The Balaban J connectivity index is 0.000000202. The zero-order chi connectivity index (χ0) is 62.9. The van der Waals surface area contributed by atoms with E-state index in [0.29, 0.717) is 71.4 Å². The first-order valence-electron chi connectivity index (χ1n) is 35.7. The number of alkyl carbamates (subject to hydrolysis) is 1. The summed E-state index contributed by atoms with van der Waals surface area (Å²) in [6, 6.07) is 20.0. The number of carbonyl (C=O) groups excluding carboxylic acids is 4. The molecule has 2 spiro atoms. The van der Waals surface area contributed by atoms with Gasteiger partial charge in [0.05, 0.1) is 36.0 Å². The van der Waals surface area contributed by atoms with Gasteiger partial charge in [0.25, 0.3) is 0 Å². The molecule has 2 aromatic carbocycles. The maximum Gasteiger partial charge on any atom is 0.410 e. The monoisotopic (exact) mass is 1270 g/mol. The van der Waals surface area contributed by atoms with Crippen molar-refractivity contribution in [1.82, 2.24) is 15.5 Å². The van der Waals surface area contributed by atoms with Gasteiger partial charge in [-0.05, 0) is 230 Å². The molecule has 4 heterocycles. The highest BCUT2D eigenvalue weighted by atomic mass is 16.6. The van der Waals surface area contributed by atoms with E-state index in [9.17, 15) is 19.2 Å². The lowest BCUT2D eigenvalue weighted by molar-refractivity contribution is -0.156. The highest BCUT2D eigenvalue weighted by Crippen LogP contribution is 2.68. The van der Waals surface area contributed by atoms with E-state index < -0.39 is 12.1 Å². The Morgan fingerprint density at radius 1 is 0.620 bits per heavy atom. The van der Waals surface area contributed by atoms with E-state index in [4.69, 9.17) is 34.2 Å². The number of rotatable bonds is 9. The molecular formula is C78H116N4O10. The summed E-state index contributed by atoms with van der Waals surface area (Å²) in [5.74, 6) is 6.75. The minimum Gasteiger partial charge on any atom is -0.461 e. The molecular weight excluding hydrogens is 1150 g/mol. The molecule has 0 unspecified atom stereocenters. The maximum atomic E-state index is 13.7. The second-order valence-corrected chi connectivity index (χ2v) is 32.0. The lowest BCUT2D eigenvalue weighted by Gasteiger charge is -2.54. The third kappa shape index (κ3) is 13.1. The summed E-state index contributed by atoms with van der Waals surface area (Å²) in [4.78, 5) is 52.4. The third-order valence-corrected chi connectivity index (χ3v) is 27.1. The van der Waals surface area contributed by atoms with Crippen LogP contribution in [-0.4, -0.2) is 103 Å². The predicted molar refractivity (Wildman–Crippen MR) is 360 cm³/mol. The number of esters is 2. The van der Waals surface area contributed by atoms with E-state index in [2.05, 4.69) is 66.0 Å². The predicted octanol–water partition coefficient (Wildman–Crippen LogP) is 15.3. The van der Waals surface area contributed by atoms with Gasteiger partial charge in [-0.25, -0.2) is 9.59 Å². The minimum absolute atomic E-state index is 0. The highest BCUT2D eigenvalue weighted by Gasteiger charge is 2.63. The second kappa shape index (κ2) is 27.8. The summed E-state index contributed by atoms with van der Waals surface area (Å²) in [6.45, 7) is 21.4. The van der Waals surface area contributed by atoms with Crippen LogP contribution >= 0.6 is 0 Å². The molecule has 14 heteroatoms. The molecule has 6 saturated carbocycles.